The molecule has 4 rings (SSSR count). The average Bonchev–Trinajstić information content (AvgIpc) is 3.30. The fourth-order valence-electron chi connectivity index (χ4n) is 5.79. The SMILES string of the molecule is C[C@@H]1C(CCc2ccccc2)[C@H](CCO)O[C@@H]1CC(CN1C(=O)c2ccccc2C1=O)O[Si](C)(C)C(C)(C)C. The second-order valence-electron chi connectivity index (χ2n) is 12.8. The van der Waals surface area contributed by atoms with E-state index in [1.54, 1.807) is 24.3 Å². The Morgan fingerprint density at radius 3 is 2.10 bits per heavy atom. The fraction of sp³-hybridized carbons (Fsp3) is 0.562. The van der Waals surface area contributed by atoms with Crippen molar-refractivity contribution in [3.05, 3.63) is 71.3 Å². The van der Waals surface area contributed by atoms with Crippen LogP contribution in [-0.2, 0) is 15.6 Å². The van der Waals surface area contributed by atoms with Crippen LogP contribution in [0.5, 0.6) is 0 Å². The van der Waals surface area contributed by atoms with Gasteiger partial charge in [-0.2, -0.15) is 0 Å². The molecule has 6 nitrogen and oxygen atoms in total. The molecule has 0 aromatic heterocycles. The Kier molecular flexibility index (Phi) is 9.16. The van der Waals surface area contributed by atoms with E-state index < -0.39 is 8.32 Å². The number of carbonyl (C=O) groups excluding carboxylic acids is 2. The minimum absolute atomic E-state index is 0.0208. The van der Waals surface area contributed by atoms with Gasteiger partial charge in [0.05, 0.1) is 36.0 Å². The summed E-state index contributed by atoms with van der Waals surface area (Å²) < 4.78 is 13.5. The summed E-state index contributed by atoms with van der Waals surface area (Å²) in [6.07, 6.45) is 2.73. The summed E-state index contributed by atoms with van der Waals surface area (Å²) in [6.45, 7) is 13.5. The molecule has 5 atom stereocenters. The maximum Gasteiger partial charge on any atom is 0.261 e. The highest BCUT2D eigenvalue weighted by Gasteiger charge is 2.46. The normalized spacial score (nSPS) is 24.3. The van der Waals surface area contributed by atoms with E-state index in [-0.39, 0.29) is 54.2 Å². The Balaban J connectivity index is 1.53. The van der Waals surface area contributed by atoms with Crippen LogP contribution >= 0.6 is 0 Å². The van der Waals surface area contributed by atoms with Crippen molar-refractivity contribution < 1.29 is 23.9 Å². The molecule has 0 aliphatic carbocycles. The molecule has 2 unspecified atom stereocenters. The second-order valence-corrected chi connectivity index (χ2v) is 17.5. The molecule has 1 fully saturated rings. The average molecular weight is 552 g/mol. The number of ether oxygens (including phenoxy) is 1. The number of hydrogen-bond acceptors (Lipinski definition) is 5. The van der Waals surface area contributed by atoms with E-state index in [1.807, 2.05) is 6.07 Å². The standard InChI is InChI=1S/C32H45NO5Si/c1-22-25(17-16-23-12-8-7-9-13-23)28(18-19-34)37-29(22)20-24(38-39(5,6)32(2,3)4)21-33-30(35)26-14-10-11-15-27(26)31(33)36/h7-15,22,24-25,28-29,34H,16-21H2,1-6H3/t22-,24?,25?,28+,29-/m1/s1. The van der Waals surface area contributed by atoms with E-state index in [4.69, 9.17) is 9.16 Å². The smallest absolute Gasteiger partial charge is 0.261 e. The first kappa shape index (κ1) is 29.7. The maximum atomic E-state index is 13.2. The molecule has 2 aliphatic heterocycles. The van der Waals surface area contributed by atoms with Gasteiger partial charge in [0.2, 0.25) is 0 Å². The van der Waals surface area contributed by atoms with Crippen LogP contribution in [0.4, 0.5) is 0 Å². The number of imide groups is 1. The Labute approximate surface area is 234 Å². The van der Waals surface area contributed by atoms with Crippen molar-refractivity contribution in [3.63, 3.8) is 0 Å². The van der Waals surface area contributed by atoms with Gasteiger partial charge in [0, 0.05) is 13.0 Å². The lowest BCUT2D eigenvalue weighted by atomic mass is 9.82. The topological polar surface area (TPSA) is 76.1 Å². The van der Waals surface area contributed by atoms with Gasteiger partial charge in [0.1, 0.15) is 0 Å². The first-order valence-corrected chi connectivity index (χ1v) is 17.3. The molecule has 2 aromatic rings. The van der Waals surface area contributed by atoms with E-state index in [9.17, 15) is 14.7 Å². The van der Waals surface area contributed by atoms with Crippen LogP contribution in [0.25, 0.3) is 0 Å². The molecule has 0 radical (unpaired) electrons. The molecule has 39 heavy (non-hydrogen) atoms. The fourth-order valence-corrected chi connectivity index (χ4v) is 7.15. The highest BCUT2D eigenvalue weighted by atomic mass is 28.4. The predicted molar refractivity (Wildman–Crippen MR) is 156 cm³/mol. The van der Waals surface area contributed by atoms with Crippen LogP contribution in [0.3, 0.4) is 0 Å². The van der Waals surface area contributed by atoms with Gasteiger partial charge in [-0.1, -0.05) is 70.2 Å². The Morgan fingerprint density at radius 2 is 1.54 bits per heavy atom. The number of benzene rings is 2. The number of hydrogen-bond donors (Lipinski definition) is 1. The van der Waals surface area contributed by atoms with Gasteiger partial charge in [-0.05, 0) is 66.9 Å². The number of fused-ring (bicyclic) bond motifs is 1. The third kappa shape index (κ3) is 6.54. The second kappa shape index (κ2) is 12.0. The van der Waals surface area contributed by atoms with E-state index in [0.717, 1.165) is 12.8 Å². The van der Waals surface area contributed by atoms with Crippen LogP contribution in [0.1, 0.15) is 73.2 Å². The zero-order valence-corrected chi connectivity index (χ0v) is 25.4. The molecule has 7 heteroatoms. The third-order valence-corrected chi connectivity index (χ3v) is 13.7. The summed E-state index contributed by atoms with van der Waals surface area (Å²) in [4.78, 5) is 27.8. The van der Waals surface area contributed by atoms with Crippen LogP contribution in [0.15, 0.2) is 54.6 Å². The van der Waals surface area contributed by atoms with E-state index in [2.05, 4.69) is 65.1 Å². The minimum Gasteiger partial charge on any atom is -0.412 e. The first-order valence-electron chi connectivity index (χ1n) is 14.4. The van der Waals surface area contributed by atoms with Gasteiger partial charge in [-0.15, -0.1) is 0 Å². The zero-order chi connectivity index (χ0) is 28.4. The van der Waals surface area contributed by atoms with Crippen molar-refractivity contribution >= 4 is 20.1 Å². The van der Waals surface area contributed by atoms with Crippen molar-refractivity contribution in [2.75, 3.05) is 13.2 Å². The van der Waals surface area contributed by atoms with E-state index >= 15 is 0 Å². The highest BCUT2D eigenvalue weighted by molar-refractivity contribution is 6.74. The minimum atomic E-state index is -2.21. The molecule has 0 saturated carbocycles. The molecule has 1 N–H and O–H groups in total. The number of amides is 2. The summed E-state index contributed by atoms with van der Waals surface area (Å²) in [5.74, 6) is 0.0746. The van der Waals surface area contributed by atoms with Crippen molar-refractivity contribution in [2.45, 2.75) is 89.8 Å². The van der Waals surface area contributed by atoms with Gasteiger partial charge in [0.15, 0.2) is 8.32 Å². The number of aliphatic hydroxyl groups is 1. The molecular weight excluding hydrogens is 506 g/mol. The third-order valence-electron chi connectivity index (χ3n) is 9.14. The molecule has 2 amide bonds. The zero-order valence-electron chi connectivity index (χ0n) is 24.4. The molecule has 2 aromatic carbocycles. The van der Waals surface area contributed by atoms with Gasteiger partial charge < -0.3 is 14.3 Å². The maximum absolute atomic E-state index is 13.2. The van der Waals surface area contributed by atoms with Gasteiger partial charge in [0.25, 0.3) is 11.8 Å². The summed E-state index contributed by atoms with van der Waals surface area (Å²) in [7, 11) is -2.21. The first-order chi connectivity index (χ1) is 18.4. The molecule has 0 spiro atoms. The quantitative estimate of drug-likeness (QED) is 0.270. The predicted octanol–water partition coefficient (Wildman–Crippen LogP) is 6.10. The Bertz CT molecular complexity index is 1110. The summed E-state index contributed by atoms with van der Waals surface area (Å²) in [6, 6.07) is 17.5. The van der Waals surface area contributed by atoms with Crippen LogP contribution < -0.4 is 0 Å². The summed E-state index contributed by atoms with van der Waals surface area (Å²) >= 11 is 0. The van der Waals surface area contributed by atoms with Gasteiger partial charge in [-0.25, -0.2) is 0 Å². The van der Waals surface area contributed by atoms with E-state index in [1.165, 1.54) is 10.5 Å². The number of aliphatic hydroxyl groups excluding tert-OH is 1. The number of aryl methyl sites for hydroxylation is 1. The summed E-state index contributed by atoms with van der Waals surface area (Å²) in [5.41, 5.74) is 2.23. The monoisotopic (exact) mass is 551 g/mol. The van der Waals surface area contributed by atoms with Crippen molar-refractivity contribution in [1.29, 1.82) is 0 Å². The van der Waals surface area contributed by atoms with Crippen molar-refractivity contribution in [1.82, 2.24) is 4.90 Å². The lowest BCUT2D eigenvalue weighted by molar-refractivity contribution is -0.0113. The van der Waals surface area contributed by atoms with Crippen LogP contribution in [0.2, 0.25) is 18.1 Å². The van der Waals surface area contributed by atoms with Gasteiger partial charge >= 0.3 is 0 Å². The van der Waals surface area contributed by atoms with Crippen molar-refractivity contribution in [2.24, 2.45) is 11.8 Å². The molecule has 0 bridgehead atoms. The Hall–Kier alpha value is -2.32. The van der Waals surface area contributed by atoms with Crippen LogP contribution in [-0.4, -0.2) is 61.6 Å². The molecule has 1 saturated heterocycles. The summed E-state index contributed by atoms with van der Waals surface area (Å²) in [5, 5.41) is 9.76. The lowest BCUT2D eigenvalue weighted by Crippen LogP contribution is -2.49. The van der Waals surface area contributed by atoms with Crippen LogP contribution in [0, 0.1) is 11.8 Å². The number of rotatable bonds is 11. The number of carbonyl (C=O) groups is 2. The molecule has 2 heterocycles. The number of nitrogens with zero attached hydrogens (tertiary/aromatic N) is 1. The largest absolute Gasteiger partial charge is 0.412 e. The molecule has 2 aliphatic rings. The van der Waals surface area contributed by atoms with E-state index in [0.29, 0.717) is 29.9 Å². The lowest BCUT2D eigenvalue weighted by Gasteiger charge is -2.40. The molecule has 212 valence electrons. The van der Waals surface area contributed by atoms with Gasteiger partial charge in [-0.3, -0.25) is 14.5 Å². The molecular formula is C32H45NO5Si. The highest BCUT2D eigenvalue weighted by Crippen LogP contribution is 2.42. The Morgan fingerprint density at radius 1 is 0.949 bits per heavy atom. The van der Waals surface area contributed by atoms with Crippen molar-refractivity contribution in [3.8, 4) is 0 Å².